The summed E-state index contributed by atoms with van der Waals surface area (Å²) in [5.41, 5.74) is 5.24. The minimum Gasteiger partial charge on any atom is -0.376 e. The highest BCUT2D eigenvalue weighted by atomic mass is 16.2. The summed E-state index contributed by atoms with van der Waals surface area (Å²) in [6.07, 6.45) is 17.5. The highest BCUT2D eigenvalue weighted by molar-refractivity contribution is 5.86. The molecule has 3 unspecified atom stereocenters. The Labute approximate surface area is 555 Å². The molecule has 18 heteroatoms. The summed E-state index contributed by atoms with van der Waals surface area (Å²) in [7, 11) is 0. The Kier molecular flexibility index (Phi) is 16.0. The monoisotopic (exact) mass is 1280 g/mol. The van der Waals surface area contributed by atoms with E-state index in [0.29, 0.717) is 35.5 Å². The van der Waals surface area contributed by atoms with Crippen LogP contribution in [0.5, 0.6) is 0 Å². The lowest BCUT2D eigenvalue weighted by atomic mass is 9.73. The van der Waals surface area contributed by atoms with Crippen LogP contribution in [0.1, 0.15) is 90.0 Å². The molecule has 6 bridgehead atoms. The first-order valence-electron chi connectivity index (χ1n) is 34.1. The number of hydrogen-bond acceptors (Lipinski definition) is 18. The Bertz CT molecular complexity index is 4430. The zero-order valence-corrected chi connectivity index (χ0v) is 53.6. The van der Waals surface area contributed by atoms with E-state index >= 15 is 0 Å². The first kappa shape index (κ1) is 61.1. The quantitative estimate of drug-likeness (QED) is 0.0245. The molecule has 3 aromatic heterocycles. The van der Waals surface area contributed by atoms with Crippen molar-refractivity contribution in [1.82, 2.24) is 29.7 Å². The standard InChI is InChI=1S/C78H78N12O6/c1-4-46-40-88-28-22-49(46)34-61(88)64(55-19-25-79-58-16-10-7-13-52(55)58)85-70-67(73(91)76(70)94)82-37-43-31-44(38-83-68-71(77(95)74(68)92)86-65(56-20-26-80-59-17-11-8-14-53(56)59)62-35-50-23-29-89(62)41-47(50)5-2)33-45(32-43)39-84-69-72(78(96)75(69)93)87-66(57-21-27-81-60-18-12-9-15-54(57)60)63-36-51-24-30-90(63)42-48(51)6-3/h4-21,25-27,31-33,46-51,61-66,82-87H,1-3,22-24,28-30,34-42H2/t46-,47-,48-,49-,50-,51-,61+,62+,63+,64-,65-,66-/m0/s1. The first-order chi connectivity index (χ1) is 46.9. The van der Waals surface area contributed by atoms with Gasteiger partial charge in [0.05, 0.1) is 34.7 Å². The SMILES string of the molecule is C=C[C@H]1CN2CC[C@H]1C[C@@H]2[C@@H](Nc1c(NCc2cc(CNc3c(N[C@@H](c4ccnc5ccccc45)[C@H]4C[C@@H]5CCN4C[C@@H]5C=C)c(=O)c3=O)cc(CNc3c(N[C@@H](c4ccnc5ccccc45)[C@H]4C[C@@H]5CCN4C[C@@H]5C=C)c(=O)c3=O)c2)c(=O)c1=O)c1ccnc2ccccc12. The highest BCUT2D eigenvalue weighted by Gasteiger charge is 2.47. The van der Waals surface area contributed by atoms with Crippen molar-refractivity contribution in [3.63, 3.8) is 0 Å². The second-order valence-electron chi connectivity index (χ2n) is 27.8. The fraction of sp³-hybridized carbons (Fsp3) is 0.346. The van der Waals surface area contributed by atoms with Gasteiger partial charge < -0.3 is 31.9 Å². The van der Waals surface area contributed by atoms with Crippen LogP contribution in [-0.4, -0.2) is 87.0 Å². The number of pyridine rings is 3. The Balaban J connectivity index is 0.715. The Morgan fingerprint density at radius 3 is 0.948 bits per heavy atom. The summed E-state index contributed by atoms with van der Waals surface area (Å²) in [6.45, 7) is 18.2. The number of benzene rings is 4. The molecule has 9 fully saturated rings. The predicted octanol–water partition coefficient (Wildman–Crippen LogP) is 10.1. The van der Waals surface area contributed by atoms with Gasteiger partial charge in [0, 0.05) is 92.1 Å². The second-order valence-corrected chi connectivity index (χ2v) is 27.8. The van der Waals surface area contributed by atoms with Gasteiger partial charge in [0.1, 0.15) is 34.1 Å². The molecule has 0 spiro atoms. The van der Waals surface area contributed by atoms with Gasteiger partial charge in [-0.25, -0.2) is 0 Å². The molecule has 15 atom stereocenters. The van der Waals surface area contributed by atoms with Crippen molar-refractivity contribution in [1.29, 1.82) is 0 Å². The van der Waals surface area contributed by atoms with Crippen LogP contribution in [0.4, 0.5) is 34.1 Å². The van der Waals surface area contributed by atoms with Crippen LogP contribution in [0, 0.1) is 35.5 Å². The van der Waals surface area contributed by atoms with Crippen molar-refractivity contribution in [3.8, 4) is 0 Å². The van der Waals surface area contributed by atoms with E-state index in [1.54, 1.807) is 18.6 Å². The number of anilines is 6. The summed E-state index contributed by atoms with van der Waals surface area (Å²) in [5, 5.41) is 24.0. The third kappa shape index (κ3) is 10.7. The smallest absolute Gasteiger partial charge is 0.253 e. The van der Waals surface area contributed by atoms with E-state index in [1.807, 2.05) is 91.0 Å². The molecule has 0 radical (unpaired) electrons. The van der Waals surface area contributed by atoms with Gasteiger partial charge in [-0.3, -0.25) is 58.4 Å². The molecule has 0 aliphatic carbocycles. The van der Waals surface area contributed by atoms with Crippen molar-refractivity contribution in [2.24, 2.45) is 35.5 Å². The van der Waals surface area contributed by atoms with Gasteiger partial charge in [0.25, 0.3) is 32.6 Å². The number of piperidine rings is 9. The van der Waals surface area contributed by atoms with E-state index in [0.717, 1.165) is 144 Å². The van der Waals surface area contributed by atoms with Crippen LogP contribution >= 0.6 is 0 Å². The predicted molar refractivity (Wildman–Crippen MR) is 382 cm³/mol. The second kappa shape index (κ2) is 25.1. The Morgan fingerprint density at radius 1 is 0.396 bits per heavy atom. The van der Waals surface area contributed by atoms with Crippen LogP contribution in [0.15, 0.2) is 195 Å². The van der Waals surface area contributed by atoms with E-state index in [9.17, 15) is 28.8 Å². The number of para-hydroxylation sites is 3. The number of nitrogens with zero attached hydrogens (tertiary/aromatic N) is 6. The summed E-state index contributed by atoms with van der Waals surface area (Å²) >= 11 is 0. The number of hydrogen-bond donors (Lipinski definition) is 6. The summed E-state index contributed by atoms with van der Waals surface area (Å²) < 4.78 is 0. The number of rotatable bonds is 24. The normalized spacial score (nSPS) is 26.0. The largest absolute Gasteiger partial charge is 0.376 e. The molecule has 9 aliphatic heterocycles. The van der Waals surface area contributed by atoms with Crippen molar-refractivity contribution < 1.29 is 0 Å². The van der Waals surface area contributed by atoms with Crippen LogP contribution in [-0.2, 0) is 19.6 Å². The molecule has 486 valence electrons. The van der Waals surface area contributed by atoms with Gasteiger partial charge in [0.15, 0.2) is 0 Å². The molecule has 18 nitrogen and oxygen atoms in total. The van der Waals surface area contributed by atoms with Crippen molar-refractivity contribution in [2.45, 2.75) is 94.4 Å². The van der Waals surface area contributed by atoms with Crippen LogP contribution in [0.2, 0.25) is 0 Å². The molecule has 10 aromatic rings. The number of nitrogens with one attached hydrogen (secondary N) is 6. The average molecular weight is 1280 g/mol. The Hall–Kier alpha value is -9.75. The molecule has 9 saturated heterocycles. The van der Waals surface area contributed by atoms with E-state index in [1.165, 1.54) is 0 Å². The van der Waals surface area contributed by atoms with Gasteiger partial charge in [-0.05, 0) is 163 Å². The maximum Gasteiger partial charge on any atom is 0.253 e. The van der Waals surface area contributed by atoms with Crippen molar-refractivity contribution in [2.75, 3.05) is 71.2 Å². The molecule has 7 aromatic carbocycles. The summed E-state index contributed by atoms with van der Waals surface area (Å²) in [6, 6.07) is 34.9. The lowest BCUT2D eigenvalue weighted by molar-refractivity contribution is 0.0105. The van der Waals surface area contributed by atoms with Gasteiger partial charge in [-0.15, -0.1) is 19.7 Å². The fourth-order valence-corrected chi connectivity index (χ4v) is 17.8. The van der Waals surface area contributed by atoms with Crippen LogP contribution < -0.4 is 64.5 Å². The molecule has 6 N–H and O–H groups in total. The maximum absolute atomic E-state index is 14.0. The fourth-order valence-electron chi connectivity index (χ4n) is 17.8. The average Bonchev–Trinajstić information content (AvgIpc) is 0.762. The topological polar surface area (TPSA) is 223 Å². The third-order valence-corrected chi connectivity index (χ3v) is 22.8. The van der Waals surface area contributed by atoms with Gasteiger partial charge >= 0.3 is 0 Å². The third-order valence-electron chi connectivity index (χ3n) is 22.8. The summed E-state index contributed by atoms with van der Waals surface area (Å²) in [4.78, 5) is 105. The minimum atomic E-state index is -0.624. The molecule has 9 aliphatic rings. The van der Waals surface area contributed by atoms with Gasteiger partial charge in [0.2, 0.25) is 0 Å². The molecular weight excluding hydrogens is 1200 g/mol. The molecule has 12 heterocycles. The van der Waals surface area contributed by atoms with Gasteiger partial charge in [-0.2, -0.15) is 0 Å². The first-order valence-corrected chi connectivity index (χ1v) is 34.1. The highest BCUT2D eigenvalue weighted by Crippen LogP contribution is 2.47. The zero-order chi connectivity index (χ0) is 65.5. The lowest BCUT2D eigenvalue weighted by Gasteiger charge is -2.52. The molecule has 96 heavy (non-hydrogen) atoms. The van der Waals surface area contributed by atoms with Crippen molar-refractivity contribution >= 4 is 66.8 Å². The molecule has 19 rings (SSSR count). The Morgan fingerprint density at radius 2 is 0.677 bits per heavy atom. The lowest BCUT2D eigenvalue weighted by Crippen LogP contribution is -2.56. The molecule has 0 amide bonds. The van der Waals surface area contributed by atoms with E-state index in [4.69, 9.17) is 0 Å². The minimum absolute atomic E-state index is 0.0212. The van der Waals surface area contributed by atoms with Crippen LogP contribution in [0.3, 0.4) is 0 Å². The number of aromatic nitrogens is 3. The van der Waals surface area contributed by atoms with Crippen molar-refractivity contribution in [3.05, 3.63) is 260 Å². The van der Waals surface area contributed by atoms with E-state index in [-0.39, 0.29) is 90.0 Å². The molecular formula is C78H78N12O6. The maximum atomic E-state index is 14.0. The van der Waals surface area contributed by atoms with E-state index in [2.05, 4.69) is 118 Å². The zero-order valence-electron chi connectivity index (χ0n) is 53.6. The van der Waals surface area contributed by atoms with E-state index < -0.39 is 32.6 Å². The summed E-state index contributed by atoms with van der Waals surface area (Å²) in [5.74, 6) is 2.41. The number of fused-ring (bicyclic) bond motifs is 12. The van der Waals surface area contributed by atoms with Crippen LogP contribution in [0.25, 0.3) is 32.7 Å². The van der Waals surface area contributed by atoms with Gasteiger partial charge in [-0.1, -0.05) is 91.0 Å². The molecule has 0 saturated carbocycles.